The Balaban J connectivity index is 1.23. The number of nitrogens with one attached hydrogen (secondary N) is 2. The molecule has 31 heavy (non-hydrogen) atoms. The number of benzene rings is 2. The van der Waals surface area contributed by atoms with Crippen LogP contribution in [-0.2, 0) is 4.79 Å². The lowest BCUT2D eigenvalue weighted by Crippen LogP contribution is -2.47. The maximum Gasteiger partial charge on any atom is 0.251 e. The van der Waals surface area contributed by atoms with Crippen LogP contribution in [0.3, 0.4) is 0 Å². The van der Waals surface area contributed by atoms with E-state index < -0.39 is 6.04 Å². The molecule has 2 amide bonds. The largest absolute Gasteiger partial charge is 0.341 e. The quantitative estimate of drug-likeness (QED) is 0.577. The van der Waals surface area contributed by atoms with E-state index in [-0.39, 0.29) is 11.8 Å². The van der Waals surface area contributed by atoms with Crippen LogP contribution in [0.2, 0.25) is 0 Å². The summed E-state index contributed by atoms with van der Waals surface area (Å²) in [4.78, 5) is 27.5. The molecular weight excluding hydrogens is 386 g/mol. The van der Waals surface area contributed by atoms with E-state index in [9.17, 15) is 9.59 Å². The summed E-state index contributed by atoms with van der Waals surface area (Å²) >= 11 is 0. The van der Waals surface area contributed by atoms with Crippen molar-refractivity contribution in [1.29, 1.82) is 0 Å². The van der Waals surface area contributed by atoms with Gasteiger partial charge in [-0.3, -0.25) is 9.59 Å². The summed E-state index contributed by atoms with van der Waals surface area (Å²) in [5.74, 6) is 0.539. The zero-order chi connectivity index (χ0) is 21.5. The van der Waals surface area contributed by atoms with Crippen LogP contribution in [0.25, 0.3) is 0 Å². The molecule has 1 saturated heterocycles. The summed E-state index contributed by atoms with van der Waals surface area (Å²) in [5.41, 5.74) is 2.02. The van der Waals surface area contributed by atoms with Gasteiger partial charge in [0.15, 0.2) is 0 Å². The predicted molar refractivity (Wildman–Crippen MR) is 123 cm³/mol. The van der Waals surface area contributed by atoms with Gasteiger partial charge >= 0.3 is 0 Å². The van der Waals surface area contributed by atoms with Crippen LogP contribution >= 0.6 is 0 Å². The first-order valence-corrected chi connectivity index (χ1v) is 11.7. The summed E-state index contributed by atoms with van der Waals surface area (Å²) in [6.45, 7) is 2.56. The number of rotatable bonds is 10. The molecule has 1 heterocycles. The van der Waals surface area contributed by atoms with Gasteiger partial charge in [0.25, 0.3) is 5.91 Å². The molecule has 1 saturated carbocycles. The van der Waals surface area contributed by atoms with E-state index in [1.54, 1.807) is 12.1 Å². The first-order valence-electron chi connectivity index (χ1n) is 11.7. The van der Waals surface area contributed by atoms with Crippen molar-refractivity contribution in [3.63, 3.8) is 0 Å². The molecule has 0 bridgehead atoms. The molecule has 4 rings (SSSR count). The van der Waals surface area contributed by atoms with Crippen LogP contribution in [0.5, 0.6) is 0 Å². The molecule has 0 aromatic heterocycles. The molecule has 1 aliphatic heterocycles. The molecule has 2 aromatic rings. The van der Waals surface area contributed by atoms with Crippen molar-refractivity contribution in [2.45, 2.75) is 56.5 Å². The minimum atomic E-state index is -0.441. The Labute approximate surface area is 185 Å². The van der Waals surface area contributed by atoms with E-state index in [0.29, 0.717) is 23.9 Å². The SMILES string of the molecule is O=C(NC(CCCCN[C@@H]1C[C@H]1c1ccccc1)C(=O)N1CCCC1)c1ccccc1. The molecule has 2 aromatic carbocycles. The summed E-state index contributed by atoms with van der Waals surface area (Å²) in [6.07, 6.45) is 5.91. The molecule has 0 spiro atoms. The molecule has 1 unspecified atom stereocenters. The van der Waals surface area contributed by atoms with Gasteiger partial charge in [-0.15, -0.1) is 0 Å². The van der Waals surface area contributed by atoms with E-state index in [1.165, 1.54) is 12.0 Å². The number of hydrogen-bond donors (Lipinski definition) is 2. The van der Waals surface area contributed by atoms with Crippen molar-refractivity contribution in [3.05, 3.63) is 71.8 Å². The van der Waals surface area contributed by atoms with Gasteiger partial charge in [-0.25, -0.2) is 0 Å². The smallest absolute Gasteiger partial charge is 0.251 e. The van der Waals surface area contributed by atoms with E-state index in [1.807, 2.05) is 23.1 Å². The van der Waals surface area contributed by atoms with Gasteiger partial charge in [0.1, 0.15) is 6.04 Å². The summed E-state index contributed by atoms with van der Waals surface area (Å²) < 4.78 is 0. The average Bonchev–Trinajstić information content (AvgIpc) is 3.38. The third-order valence-corrected chi connectivity index (χ3v) is 6.40. The monoisotopic (exact) mass is 419 g/mol. The highest BCUT2D eigenvalue weighted by Crippen LogP contribution is 2.40. The Morgan fingerprint density at radius 3 is 2.32 bits per heavy atom. The Hall–Kier alpha value is -2.66. The fourth-order valence-corrected chi connectivity index (χ4v) is 4.50. The van der Waals surface area contributed by atoms with Crippen molar-refractivity contribution in [2.75, 3.05) is 19.6 Å². The molecule has 2 fully saturated rings. The third-order valence-electron chi connectivity index (χ3n) is 6.40. The van der Waals surface area contributed by atoms with Crippen LogP contribution in [-0.4, -0.2) is 48.4 Å². The highest BCUT2D eigenvalue weighted by atomic mass is 16.2. The number of carbonyl (C=O) groups is 2. The van der Waals surface area contributed by atoms with Gasteiger partial charge < -0.3 is 15.5 Å². The van der Waals surface area contributed by atoms with Crippen molar-refractivity contribution in [3.8, 4) is 0 Å². The van der Waals surface area contributed by atoms with Gasteiger partial charge in [-0.05, 0) is 62.8 Å². The Kier molecular flexibility index (Phi) is 7.36. The molecule has 5 nitrogen and oxygen atoms in total. The minimum Gasteiger partial charge on any atom is -0.341 e. The number of likely N-dealkylation sites (tertiary alicyclic amines) is 1. The Bertz CT molecular complexity index is 849. The number of carbonyl (C=O) groups excluding carboxylic acids is 2. The van der Waals surface area contributed by atoms with Gasteiger partial charge in [-0.1, -0.05) is 48.5 Å². The van der Waals surface area contributed by atoms with Gasteiger partial charge in [0.2, 0.25) is 5.91 Å². The summed E-state index contributed by atoms with van der Waals surface area (Å²) in [5, 5.41) is 6.65. The highest BCUT2D eigenvalue weighted by molar-refractivity contribution is 5.97. The first kappa shape index (κ1) is 21.6. The van der Waals surface area contributed by atoms with Crippen LogP contribution in [0.4, 0.5) is 0 Å². The lowest BCUT2D eigenvalue weighted by molar-refractivity contribution is -0.132. The molecule has 0 radical (unpaired) electrons. The standard InChI is InChI=1S/C26H33N3O2/c30-25(21-13-5-2-6-14-21)28-23(26(31)29-17-9-10-18-29)15-7-8-16-27-24-19-22(24)20-11-3-1-4-12-20/h1-6,11-14,22-24,27H,7-10,15-19H2,(H,28,30)/t22-,23?,24+/m0/s1. The molecule has 2 aliphatic rings. The summed E-state index contributed by atoms with van der Waals surface area (Å²) in [6, 6.07) is 20.0. The van der Waals surface area contributed by atoms with Crippen LogP contribution in [0.1, 0.15) is 60.4 Å². The molecule has 164 valence electrons. The number of nitrogens with zero attached hydrogens (tertiary/aromatic N) is 1. The lowest BCUT2D eigenvalue weighted by atomic mass is 10.1. The second-order valence-electron chi connectivity index (χ2n) is 8.73. The van der Waals surface area contributed by atoms with E-state index >= 15 is 0 Å². The third kappa shape index (κ3) is 5.95. The van der Waals surface area contributed by atoms with Crippen molar-refractivity contribution in [2.24, 2.45) is 0 Å². The van der Waals surface area contributed by atoms with Crippen molar-refractivity contribution < 1.29 is 9.59 Å². The zero-order valence-electron chi connectivity index (χ0n) is 18.1. The molecular formula is C26H33N3O2. The van der Waals surface area contributed by atoms with E-state index in [4.69, 9.17) is 0 Å². The summed E-state index contributed by atoms with van der Waals surface area (Å²) in [7, 11) is 0. The first-order chi connectivity index (χ1) is 15.2. The number of hydrogen-bond acceptors (Lipinski definition) is 3. The fourth-order valence-electron chi connectivity index (χ4n) is 4.50. The second kappa shape index (κ2) is 10.6. The van der Waals surface area contributed by atoms with E-state index in [2.05, 4.69) is 41.0 Å². The molecule has 5 heteroatoms. The maximum absolute atomic E-state index is 13.0. The minimum absolute atomic E-state index is 0.0704. The van der Waals surface area contributed by atoms with Crippen molar-refractivity contribution in [1.82, 2.24) is 15.5 Å². The highest BCUT2D eigenvalue weighted by Gasteiger charge is 2.37. The van der Waals surface area contributed by atoms with Crippen LogP contribution < -0.4 is 10.6 Å². The number of unbranched alkanes of at least 4 members (excludes halogenated alkanes) is 1. The van der Waals surface area contributed by atoms with Crippen molar-refractivity contribution >= 4 is 11.8 Å². The fraction of sp³-hybridized carbons (Fsp3) is 0.462. The normalized spacial score (nSPS) is 21.0. The Morgan fingerprint density at radius 2 is 1.61 bits per heavy atom. The molecule has 1 aliphatic carbocycles. The lowest BCUT2D eigenvalue weighted by Gasteiger charge is -2.24. The number of amides is 2. The van der Waals surface area contributed by atoms with Gasteiger partial charge in [0, 0.05) is 30.6 Å². The van der Waals surface area contributed by atoms with Gasteiger partial charge in [-0.2, -0.15) is 0 Å². The maximum atomic E-state index is 13.0. The van der Waals surface area contributed by atoms with Gasteiger partial charge in [0.05, 0.1) is 0 Å². The Morgan fingerprint density at radius 1 is 0.935 bits per heavy atom. The topological polar surface area (TPSA) is 61.4 Å². The second-order valence-corrected chi connectivity index (χ2v) is 8.73. The van der Waals surface area contributed by atoms with Crippen LogP contribution in [0, 0.1) is 0 Å². The van der Waals surface area contributed by atoms with Crippen LogP contribution in [0.15, 0.2) is 60.7 Å². The average molecular weight is 420 g/mol. The predicted octanol–water partition coefficient (Wildman–Crippen LogP) is 3.72. The molecule has 2 N–H and O–H groups in total. The zero-order valence-corrected chi connectivity index (χ0v) is 18.1. The van der Waals surface area contributed by atoms with E-state index in [0.717, 1.165) is 45.3 Å². The molecule has 3 atom stereocenters.